The Hall–Kier alpha value is -3.60. The largest absolute Gasteiger partial charge is 0.465 e. The molecule has 0 unspecified atom stereocenters. The lowest BCUT2D eigenvalue weighted by Crippen LogP contribution is -2.36. The summed E-state index contributed by atoms with van der Waals surface area (Å²) in [4.78, 5) is 43.6. The van der Waals surface area contributed by atoms with E-state index >= 15 is 0 Å². The Morgan fingerprint density at radius 1 is 1.19 bits per heavy atom. The van der Waals surface area contributed by atoms with Gasteiger partial charge in [-0.25, -0.2) is 19.7 Å². The van der Waals surface area contributed by atoms with E-state index in [1.807, 2.05) is 74.0 Å². The Labute approximate surface area is 215 Å². The van der Waals surface area contributed by atoms with E-state index in [1.54, 1.807) is 17.4 Å². The summed E-state index contributed by atoms with van der Waals surface area (Å²) in [5.41, 5.74) is 2.53. The van der Waals surface area contributed by atoms with Gasteiger partial charge >= 0.3 is 6.09 Å². The van der Waals surface area contributed by atoms with Crippen molar-refractivity contribution in [2.45, 2.75) is 32.5 Å². The van der Waals surface area contributed by atoms with Crippen molar-refractivity contribution in [3.63, 3.8) is 0 Å². The standard InChI is InChI=1S/C25H31N7O3S/c1-25(2,3)15-30(24(34)35)13-17-14-31(16-27-17)18-7-6-8-19(11-18)32-10-9-29(4)21-20(22(32)33)12-26-23(28-21)36-5/h6-8,11-12,14,16H,9-10,13,15H2,1-5H3,(H,34,35). The monoisotopic (exact) mass is 509 g/mol. The first-order valence-corrected chi connectivity index (χ1v) is 12.8. The lowest BCUT2D eigenvalue weighted by molar-refractivity contribution is 0.0989. The van der Waals surface area contributed by atoms with E-state index in [1.165, 1.54) is 16.7 Å². The molecule has 36 heavy (non-hydrogen) atoms. The van der Waals surface area contributed by atoms with Crippen LogP contribution < -0.4 is 9.80 Å². The smallest absolute Gasteiger partial charge is 0.407 e. The fraction of sp³-hybridized carbons (Fsp3) is 0.400. The molecule has 1 aliphatic heterocycles. The highest BCUT2D eigenvalue weighted by molar-refractivity contribution is 7.98. The molecule has 11 heteroatoms. The quantitative estimate of drug-likeness (QED) is 0.392. The minimum atomic E-state index is -0.972. The van der Waals surface area contributed by atoms with E-state index < -0.39 is 6.09 Å². The summed E-state index contributed by atoms with van der Waals surface area (Å²) in [7, 11) is 1.93. The second kappa shape index (κ2) is 10.2. The normalized spacial score (nSPS) is 14.0. The molecule has 0 radical (unpaired) electrons. The molecule has 1 N–H and O–H groups in total. The van der Waals surface area contributed by atoms with Gasteiger partial charge in [-0.3, -0.25) is 4.79 Å². The zero-order valence-corrected chi connectivity index (χ0v) is 22.0. The Morgan fingerprint density at radius 3 is 2.64 bits per heavy atom. The predicted octanol–water partition coefficient (Wildman–Crippen LogP) is 4.01. The summed E-state index contributed by atoms with van der Waals surface area (Å²) >= 11 is 1.44. The molecule has 2 amide bonds. The van der Waals surface area contributed by atoms with Gasteiger partial charge in [0.15, 0.2) is 5.16 Å². The van der Waals surface area contributed by atoms with Crippen LogP contribution in [0.15, 0.2) is 48.1 Å². The van der Waals surface area contributed by atoms with E-state index in [0.29, 0.717) is 41.9 Å². The fourth-order valence-corrected chi connectivity index (χ4v) is 4.45. The maximum Gasteiger partial charge on any atom is 0.407 e. The zero-order chi connectivity index (χ0) is 26.0. The molecule has 1 aliphatic rings. The molecule has 0 bridgehead atoms. The molecule has 10 nitrogen and oxygen atoms in total. The highest BCUT2D eigenvalue weighted by Gasteiger charge is 2.28. The summed E-state index contributed by atoms with van der Waals surface area (Å²) in [6.45, 7) is 7.73. The van der Waals surface area contributed by atoms with Gasteiger partial charge in [-0.05, 0) is 29.9 Å². The van der Waals surface area contributed by atoms with Crippen LogP contribution in [-0.2, 0) is 6.54 Å². The van der Waals surface area contributed by atoms with Crippen LogP contribution in [0, 0.1) is 5.41 Å². The second-order valence-electron chi connectivity index (χ2n) is 9.96. The van der Waals surface area contributed by atoms with Crippen LogP contribution in [-0.4, -0.2) is 74.5 Å². The van der Waals surface area contributed by atoms with Crippen LogP contribution in [0.4, 0.5) is 16.3 Å². The van der Waals surface area contributed by atoms with Gasteiger partial charge in [0.05, 0.1) is 18.6 Å². The van der Waals surface area contributed by atoms with Crippen molar-refractivity contribution in [1.29, 1.82) is 0 Å². The maximum absolute atomic E-state index is 13.5. The molecular formula is C25H31N7O3S. The summed E-state index contributed by atoms with van der Waals surface area (Å²) in [6, 6.07) is 7.64. The summed E-state index contributed by atoms with van der Waals surface area (Å²) in [6.07, 6.45) is 6.02. The van der Waals surface area contributed by atoms with Gasteiger partial charge in [0.1, 0.15) is 11.4 Å². The second-order valence-corrected chi connectivity index (χ2v) is 10.7. The molecule has 1 aromatic carbocycles. The minimum Gasteiger partial charge on any atom is -0.465 e. The van der Waals surface area contributed by atoms with Gasteiger partial charge in [0.2, 0.25) is 0 Å². The highest BCUT2D eigenvalue weighted by atomic mass is 32.2. The predicted molar refractivity (Wildman–Crippen MR) is 140 cm³/mol. The Bertz CT molecular complexity index is 1270. The van der Waals surface area contributed by atoms with E-state index in [-0.39, 0.29) is 17.9 Å². The molecule has 0 fully saturated rings. The lowest BCUT2D eigenvalue weighted by Gasteiger charge is -2.27. The van der Waals surface area contributed by atoms with Gasteiger partial charge in [-0.2, -0.15) is 0 Å². The number of carbonyl (C=O) groups excluding carboxylic acids is 1. The van der Waals surface area contributed by atoms with Crippen molar-refractivity contribution in [3.05, 3.63) is 54.2 Å². The van der Waals surface area contributed by atoms with E-state index in [4.69, 9.17) is 0 Å². The molecular weight excluding hydrogens is 478 g/mol. The molecule has 190 valence electrons. The topological polar surface area (TPSA) is 108 Å². The first kappa shape index (κ1) is 25.5. The van der Waals surface area contributed by atoms with Gasteiger partial charge in [-0.15, -0.1) is 0 Å². The Morgan fingerprint density at radius 2 is 1.94 bits per heavy atom. The lowest BCUT2D eigenvalue weighted by atomic mass is 9.96. The molecule has 4 rings (SSSR count). The summed E-state index contributed by atoms with van der Waals surface area (Å²) in [5.74, 6) is 0.486. The number of carboxylic acid groups (broad SMARTS) is 1. The maximum atomic E-state index is 13.5. The minimum absolute atomic E-state index is 0.148. The Kier molecular flexibility index (Phi) is 7.21. The number of rotatable bonds is 6. The van der Waals surface area contributed by atoms with Crippen LogP contribution in [0.2, 0.25) is 0 Å². The average molecular weight is 510 g/mol. The molecule has 3 aromatic rings. The molecule has 0 spiro atoms. The molecule has 0 aliphatic carbocycles. The van der Waals surface area contributed by atoms with Crippen LogP contribution in [0.5, 0.6) is 0 Å². The zero-order valence-electron chi connectivity index (χ0n) is 21.2. The van der Waals surface area contributed by atoms with Crippen molar-refractivity contribution in [2.24, 2.45) is 5.41 Å². The summed E-state index contributed by atoms with van der Waals surface area (Å²) in [5, 5.41) is 10.2. The van der Waals surface area contributed by atoms with Crippen LogP contribution in [0.1, 0.15) is 36.8 Å². The van der Waals surface area contributed by atoms with Crippen LogP contribution in [0.25, 0.3) is 5.69 Å². The van der Waals surface area contributed by atoms with Crippen molar-refractivity contribution in [2.75, 3.05) is 42.7 Å². The van der Waals surface area contributed by atoms with Gasteiger partial charge in [0, 0.05) is 50.5 Å². The number of thioether (sulfide) groups is 1. The third-order valence-electron chi connectivity index (χ3n) is 5.79. The number of hydrogen-bond acceptors (Lipinski definition) is 7. The average Bonchev–Trinajstić information content (AvgIpc) is 3.26. The number of aromatic nitrogens is 4. The number of anilines is 2. The van der Waals surface area contributed by atoms with Crippen molar-refractivity contribution in [3.8, 4) is 5.69 Å². The molecule has 2 aromatic heterocycles. The van der Waals surface area contributed by atoms with Gasteiger partial charge in [0.25, 0.3) is 5.91 Å². The third-order valence-corrected chi connectivity index (χ3v) is 6.35. The highest BCUT2D eigenvalue weighted by Crippen LogP contribution is 2.28. The van der Waals surface area contributed by atoms with Crippen LogP contribution in [0.3, 0.4) is 0 Å². The number of nitrogens with zero attached hydrogens (tertiary/aromatic N) is 7. The molecule has 0 saturated heterocycles. The number of carbonyl (C=O) groups is 2. The van der Waals surface area contributed by atoms with Crippen molar-refractivity contribution in [1.82, 2.24) is 24.4 Å². The SMILES string of the molecule is CSc1ncc2c(n1)N(C)CCN(c1cccc(-n3cnc(CN(CC(C)(C)C)C(=O)O)c3)c1)C2=O. The van der Waals surface area contributed by atoms with Crippen molar-refractivity contribution >= 4 is 35.3 Å². The number of imidazole rings is 1. The number of benzene rings is 1. The fourth-order valence-electron chi connectivity index (χ4n) is 4.11. The number of likely N-dealkylation sites (N-methyl/N-ethyl adjacent to an activating group) is 1. The first-order valence-electron chi connectivity index (χ1n) is 11.6. The van der Waals surface area contributed by atoms with E-state index in [9.17, 15) is 14.7 Å². The number of hydrogen-bond donors (Lipinski definition) is 1. The third kappa shape index (κ3) is 5.62. The molecule has 3 heterocycles. The van der Waals surface area contributed by atoms with Crippen molar-refractivity contribution < 1.29 is 14.7 Å². The number of amides is 2. The van der Waals surface area contributed by atoms with Crippen LogP contribution >= 0.6 is 11.8 Å². The van der Waals surface area contributed by atoms with E-state index in [2.05, 4.69) is 15.0 Å². The van der Waals surface area contributed by atoms with Gasteiger partial charge < -0.3 is 24.4 Å². The Balaban J connectivity index is 1.58. The first-order chi connectivity index (χ1) is 17.1. The van der Waals surface area contributed by atoms with E-state index in [0.717, 1.165) is 11.4 Å². The molecule has 0 saturated carbocycles. The number of fused-ring (bicyclic) bond motifs is 1. The molecule has 0 atom stereocenters. The van der Waals surface area contributed by atoms with Gasteiger partial charge in [-0.1, -0.05) is 38.6 Å². The summed E-state index contributed by atoms with van der Waals surface area (Å²) < 4.78 is 1.84.